The van der Waals surface area contributed by atoms with Gasteiger partial charge in [-0.3, -0.25) is 4.79 Å². The lowest BCUT2D eigenvalue weighted by Gasteiger charge is -2.18. The van der Waals surface area contributed by atoms with Crippen molar-refractivity contribution in [2.24, 2.45) is 0 Å². The van der Waals surface area contributed by atoms with E-state index in [0.29, 0.717) is 11.5 Å². The fourth-order valence-corrected chi connectivity index (χ4v) is 2.40. The highest BCUT2D eigenvalue weighted by atomic mass is 32.2. The molecule has 0 saturated heterocycles. The first kappa shape index (κ1) is 15.1. The van der Waals surface area contributed by atoms with E-state index in [0.717, 1.165) is 10.6 Å². The number of aromatic nitrogens is 1. The van der Waals surface area contributed by atoms with Crippen LogP contribution in [0.25, 0.3) is 0 Å². The second kappa shape index (κ2) is 6.00. The van der Waals surface area contributed by atoms with Crippen LogP contribution in [-0.4, -0.2) is 32.3 Å². The molecule has 0 aromatic carbocycles. The smallest absolute Gasteiger partial charge is 0.241 e. The number of nitrogens with zero attached hydrogens (tertiary/aromatic N) is 2. The van der Waals surface area contributed by atoms with E-state index in [1.165, 1.54) is 12.3 Å². The van der Waals surface area contributed by atoms with Crippen LogP contribution in [-0.2, 0) is 21.4 Å². The van der Waals surface area contributed by atoms with E-state index in [9.17, 15) is 13.2 Å². The SMILES string of the molecule is Cc1cc(N(CC(=O)NCc2ccco2)S(C)(=O)=O)no1. The summed E-state index contributed by atoms with van der Waals surface area (Å²) in [5.74, 6) is 0.627. The lowest BCUT2D eigenvalue weighted by Crippen LogP contribution is -2.40. The minimum absolute atomic E-state index is 0.0724. The van der Waals surface area contributed by atoms with Crippen LogP contribution in [0.5, 0.6) is 0 Å². The van der Waals surface area contributed by atoms with Gasteiger partial charge in [0.2, 0.25) is 15.9 Å². The van der Waals surface area contributed by atoms with Gasteiger partial charge < -0.3 is 14.3 Å². The molecule has 0 aliphatic carbocycles. The van der Waals surface area contributed by atoms with Crippen LogP contribution in [0.1, 0.15) is 11.5 Å². The molecule has 0 saturated carbocycles. The third kappa shape index (κ3) is 4.09. The van der Waals surface area contributed by atoms with Crippen molar-refractivity contribution >= 4 is 21.7 Å². The van der Waals surface area contributed by atoms with Crippen molar-refractivity contribution in [3.63, 3.8) is 0 Å². The van der Waals surface area contributed by atoms with Crippen molar-refractivity contribution in [1.29, 1.82) is 0 Å². The van der Waals surface area contributed by atoms with Gasteiger partial charge in [-0.15, -0.1) is 0 Å². The first-order chi connectivity index (χ1) is 9.86. The molecule has 2 aromatic heterocycles. The minimum Gasteiger partial charge on any atom is -0.467 e. The summed E-state index contributed by atoms with van der Waals surface area (Å²) in [6.45, 7) is 1.43. The zero-order chi connectivity index (χ0) is 15.5. The Morgan fingerprint density at radius 2 is 2.24 bits per heavy atom. The van der Waals surface area contributed by atoms with Gasteiger partial charge in [-0.25, -0.2) is 12.7 Å². The first-order valence-electron chi connectivity index (χ1n) is 6.06. The number of aryl methyl sites for hydroxylation is 1. The number of hydrogen-bond donors (Lipinski definition) is 1. The summed E-state index contributed by atoms with van der Waals surface area (Å²) in [6.07, 6.45) is 2.49. The Hall–Kier alpha value is -2.29. The Labute approximate surface area is 121 Å². The fourth-order valence-electron chi connectivity index (χ4n) is 1.62. The normalized spacial score (nSPS) is 11.3. The predicted octanol–water partition coefficient (Wildman–Crippen LogP) is 0.658. The molecule has 0 aliphatic rings. The van der Waals surface area contributed by atoms with E-state index in [-0.39, 0.29) is 18.9 Å². The quantitative estimate of drug-likeness (QED) is 0.839. The summed E-state index contributed by atoms with van der Waals surface area (Å²) >= 11 is 0. The molecule has 1 N–H and O–H groups in total. The second-order valence-electron chi connectivity index (χ2n) is 4.42. The molecule has 0 atom stereocenters. The zero-order valence-electron chi connectivity index (χ0n) is 11.6. The van der Waals surface area contributed by atoms with Gasteiger partial charge in [-0.2, -0.15) is 0 Å². The average molecular weight is 313 g/mol. The Morgan fingerprint density at radius 3 is 2.76 bits per heavy atom. The van der Waals surface area contributed by atoms with Crippen molar-refractivity contribution in [3.8, 4) is 0 Å². The molecule has 21 heavy (non-hydrogen) atoms. The van der Waals surface area contributed by atoms with Crippen LogP contribution in [0.3, 0.4) is 0 Å². The molecule has 0 spiro atoms. The van der Waals surface area contributed by atoms with Gasteiger partial charge in [0, 0.05) is 6.07 Å². The number of rotatable bonds is 6. The molecule has 8 nitrogen and oxygen atoms in total. The number of hydrogen-bond acceptors (Lipinski definition) is 6. The highest BCUT2D eigenvalue weighted by Gasteiger charge is 2.23. The maximum Gasteiger partial charge on any atom is 0.241 e. The average Bonchev–Trinajstić information content (AvgIpc) is 3.03. The number of sulfonamides is 1. The van der Waals surface area contributed by atoms with E-state index in [1.807, 2.05) is 0 Å². The number of furan rings is 1. The van der Waals surface area contributed by atoms with Crippen molar-refractivity contribution in [2.45, 2.75) is 13.5 Å². The molecule has 0 radical (unpaired) electrons. The molecule has 9 heteroatoms. The molecule has 0 fully saturated rings. The largest absolute Gasteiger partial charge is 0.467 e. The van der Waals surface area contributed by atoms with Gasteiger partial charge >= 0.3 is 0 Å². The summed E-state index contributed by atoms with van der Waals surface area (Å²) < 4.78 is 34.3. The minimum atomic E-state index is -3.65. The molecule has 114 valence electrons. The third-order valence-electron chi connectivity index (χ3n) is 2.60. The Kier molecular flexibility index (Phi) is 4.32. The predicted molar refractivity (Wildman–Crippen MR) is 74.0 cm³/mol. The molecule has 1 amide bonds. The van der Waals surface area contributed by atoms with Crippen LogP contribution >= 0.6 is 0 Å². The summed E-state index contributed by atoms with van der Waals surface area (Å²) in [5.41, 5.74) is 0. The van der Waals surface area contributed by atoms with E-state index < -0.39 is 15.9 Å². The Morgan fingerprint density at radius 1 is 1.48 bits per heavy atom. The summed E-state index contributed by atoms with van der Waals surface area (Å²) in [7, 11) is -3.65. The van der Waals surface area contributed by atoms with Gasteiger partial charge in [0.1, 0.15) is 18.1 Å². The molecule has 2 aromatic rings. The van der Waals surface area contributed by atoms with E-state index >= 15 is 0 Å². The number of amides is 1. The van der Waals surface area contributed by atoms with Crippen molar-refractivity contribution in [1.82, 2.24) is 10.5 Å². The summed E-state index contributed by atoms with van der Waals surface area (Å²) in [4.78, 5) is 11.9. The zero-order valence-corrected chi connectivity index (χ0v) is 12.4. The fraction of sp³-hybridized carbons (Fsp3) is 0.333. The third-order valence-corrected chi connectivity index (χ3v) is 3.72. The lowest BCUT2D eigenvalue weighted by atomic mass is 10.4. The van der Waals surface area contributed by atoms with Crippen LogP contribution in [0.2, 0.25) is 0 Å². The summed E-state index contributed by atoms with van der Waals surface area (Å²) in [5, 5.41) is 6.19. The highest BCUT2D eigenvalue weighted by molar-refractivity contribution is 7.92. The topological polar surface area (TPSA) is 106 Å². The number of nitrogens with one attached hydrogen (secondary N) is 1. The van der Waals surface area contributed by atoms with E-state index in [2.05, 4.69) is 10.5 Å². The van der Waals surface area contributed by atoms with Crippen molar-refractivity contribution in [2.75, 3.05) is 17.1 Å². The van der Waals surface area contributed by atoms with Crippen LogP contribution < -0.4 is 9.62 Å². The van der Waals surface area contributed by atoms with E-state index in [4.69, 9.17) is 8.94 Å². The molecule has 0 aliphatic heterocycles. The van der Waals surface area contributed by atoms with Gasteiger partial charge in [0.05, 0.1) is 19.1 Å². The van der Waals surface area contributed by atoms with Gasteiger partial charge in [0.25, 0.3) is 0 Å². The van der Waals surface area contributed by atoms with Crippen LogP contribution in [0, 0.1) is 6.92 Å². The molecular weight excluding hydrogens is 298 g/mol. The van der Waals surface area contributed by atoms with Crippen LogP contribution in [0.15, 0.2) is 33.4 Å². The summed E-state index contributed by atoms with van der Waals surface area (Å²) in [6, 6.07) is 4.85. The number of carbonyl (C=O) groups is 1. The van der Waals surface area contributed by atoms with Crippen molar-refractivity contribution < 1.29 is 22.2 Å². The number of anilines is 1. The monoisotopic (exact) mass is 313 g/mol. The van der Waals surface area contributed by atoms with Gasteiger partial charge in [0.15, 0.2) is 5.82 Å². The van der Waals surface area contributed by atoms with Gasteiger partial charge in [-0.05, 0) is 19.1 Å². The van der Waals surface area contributed by atoms with E-state index in [1.54, 1.807) is 19.1 Å². The second-order valence-corrected chi connectivity index (χ2v) is 6.33. The van der Waals surface area contributed by atoms with Gasteiger partial charge in [-0.1, -0.05) is 5.16 Å². The maximum atomic E-state index is 11.9. The Balaban J connectivity index is 2.03. The lowest BCUT2D eigenvalue weighted by molar-refractivity contribution is -0.119. The number of carbonyl (C=O) groups excluding carboxylic acids is 1. The molecule has 0 bridgehead atoms. The highest BCUT2D eigenvalue weighted by Crippen LogP contribution is 2.16. The van der Waals surface area contributed by atoms with Crippen LogP contribution in [0.4, 0.5) is 5.82 Å². The standard InChI is InChI=1S/C12H15N3O5S/c1-9-6-11(14-20-9)15(21(2,17)18)8-12(16)13-7-10-4-3-5-19-10/h3-6H,7-8H2,1-2H3,(H,13,16). The Bertz CT molecular complexity index is 705. The van der Waals surface area contributed by atoms with Crippen molar-refractivity contribution in [3.05, 3.63) is 36.0 Å². The molecule has 2 heterocycles. The molecule has 2 rings (SSSR count). The maximum absolute atomic E-state index is 11.9. The molecule has 0 unspecified atom stereocenters. The first-order valence-corrected chi connectivity index (χ1v) is 7.91. The molecular formula is C12H15N3O5S.